The van der Waals surface area contributed by atoms with Crippen molar-refractivity contribution < 1.29 is 13.6 Å². The summed E-state index contributed by atoms with van der Waals surface area (Å²) in [6.45, 7) is 3.58. The zero-order valence-corrected chi connectivity index (χ0v) is 7.56. The molecule has 0 spiro atoms. The van der Waals surface area contributed by atoms with E-state index in [1.54, 1.807) is 27.4 Å². The lowest BCUT2D eigenvalue weighted by Crippen LogP contribution is -2.03. The van der Waals surface area contributed by atoms with Gasteiger partial charge in [-0.3, -0.25) is 0 Å². The van der Waals surface area contributed by atoms with Gasteiger partial charge in [0.1, 0.15) is 0 Å². The monoisotopic (exact) mass is 165 g/mol. The third kappa shape index (κ3) is 2.35. The Morgan fingerprint density at radius 1 is 1.20 bits per heavy atom. The first-order valence-corrected chi connectivity index (χ1v) is 4.63. The molecule has 60 valence electrons. The van der Waals surface area contributed by atoms with Gasteiger partial charge in [-0.2, -0.15) is 13.6 Å². The Kier molecular flexibility index (Phi) is 4.83. The number of allylic oxidation sites excluding steroid dienone is 1. The molecular formula is C6H14O3P+. The van der Waals surface area contributed by atoms with Crippen molar-refractivity contribution in [2.45, 2.75) is 0 Å². The van der Waals surface area contributed by atoms with Gasteiger partial charge < -0.3 is 0 Å². The van der Waals surface area contributed by atoms with E-state index in [9.17, 15) is 0 Å². The Morgan fingerprint density at radius 3 is 1.70 bits per heavy atom. The molecule has 0 fully saturated rings. The number of hydrogen-bond donors (Lipinski definition) is 0. The van der Waals surface area contributed by atoms with Crippen molar-refractivity contribution >= 4 is 7.94 Å². The minimum Gasteiger partial charge on any atom is -0.181 e. The minimum absolute atomic E-state index is 0.622. The largest absolute Gasteiger partial charge is 0.414 e. The third-order valence-electron chi connectivity index (χ3n) is 1.19. The fraction of sp³-hybridized carbons (Fsp3) is 0.667. The van der Waals surface area contributed by atoms with Crippen LogP contribution < -0.4 is 0 Å². The van der Waals surface area contributed by atoms with Gasteiger partial charge in [0, 0.05) is 0 Å². The molecule has 0 aromatic heterocycles. The zero-order valence-electron chi connectivity index (χ0n) is 6.66. The SMILES string of the molecule is C=CC[P+](OC)(OC)OC. The van der Waals surface area contributed by atoms with Gasteiger partial charge in [-0.1, -0.05) is 6.58 Å². The van der Waals surface area contributed by atoms with Crippen LogP contribution in [0.2, 0.25) is 0 Å². The molecule has 0 rings (SSSR count). The molecule has 0 N–H and O–H groups in total. The second-order valence-corrected chi connectivity index (χ2v) is 4.31. The molecule has 0 saturated heterocycles. The Hall–Kier alpha value is 0.0500. The van der Waals surface area contributed by atoms with Crippen molar-refractivity contribution in [3.05, 3.63) is 12.7 Å². The maximum absolute atomic E-state index is 5.07. The zero-order chi connectivity index (χ0) is 8.04. The van der Waals surface area contributed by atoms with Crippen LogP contribution in [0.5, 0.6) is 0 Å². The lowest BCUT2D eigenvalue weighted by molar-refractivity contribution is 0.213. The van der Waals surface area contributed by atoms with Gasteiger partial charge in [0.05, 0.1) is 21.3 Å². The number of rotatable bonds is 5. The predicted octanol–water partition coefficient (Wildman–Crippen LogP) is 1.87. The molecule has 0 radical (unpaired) electrons. The molecule has 0 amide bonds. The Morgan fingerprint density at radius 2 is 1.60 bits per heavy atom. The van der Waals surface area contributed by atoms with Crippen LogP contribution in [0.1, 0.15) is 0 Å². The van der Waals surface area contributed by atoms with Crippen LogP contribution in [0.3, 0.4) is 0 Å². The van der Waals surface area contributed by atoms with E-state index in [0.29, 0.717) is 6.16 Å². The van der Waals surface area contributed by atoms with Crippen LogP contribution in [0.4, 0.5) is 0 Å². The van der Waals surface area contributed by atoms with Gasteiger partial charge in [-0.15, -0.1) is 0 Å². The first kappa shape index (κ1) is 10.0. The lowest BCUT2D eigenvalue weighted by Gasteiger charge is -2.14. The highest BCUT2D eigenvalue weighted by Crippen LogP contribution is 2.59. The summed E-state index contributed by atoms with van der Waals surface area (Å²) in [4.78, 5) is 0. The molecule has 0 bridgehead atoms. The summed E-state index contributed by atoms with van der Waals surface area (Å²) in [6, 6.07) is 0. The topological polar surface area (TPSA) is 27.7 Å². The molecule has 0 saturated carbocycles. The summed E-state index contributed by atoms with van der Waals surface area (Å²) in [6.07, 6.45) is 2.35. The van der Waals surface area contributed by atoms with Crippen molar-refractivity contribution in [3.8, 4) is 0 Å². The first-order valence-electron chi connectivity index (χ1n) is 2.91. The molecular weight excluding hydrogens is 151 g/mol. The highest BCUT2D eigenvalue weighted by Gasteiger charge is 2.39. The summed E-state index contributed by atoms with van der Waals surface area (Å²) in [5.74, 6) is 0. The summed E-state index contributed by atoms with van der Waals surface area (Å²) < 4.78 is 15.2. The molecule has 0 aliphatic heterocycles. The standard InChI is InChI=1S/C6H14O3P/c1-5-6-10(7-2,8-3)9-4/h5H,1,6H2,2-4H3/q+1. The van der Waals surface area contributed by atoms with E-state index >= 15 is 0 Å². The van der Waals surface area contributed by atoms with Gasteiger partial charge in [0.25, 0.3) is 0 Å². The molecule has 0 heterocycles. The summed E-state index contributed by atoms with van der Waals surface area (Å²) in [5.41, 5.74) is 0. The highest BCUT2D eigenvalue weighted by molar-refractivity contribution is 7.61. The fourth-order valence-corrected chi connectivity index (χ4v) is 1.82. The van der Waals surface area contributed by atoms with Crippen molar-refractivity contribution in [2.24, 2.45) is 0 Å². The molecule has 4 heteroatoms. The van der Waals surface area contributed by atoms with Crippen molar-refractivity contribution in [1.29, 1.82) is 0 Å². The third-order valence-corrected chi connectivity index (χ3v) is 3.56. The molecule has 0 atom stereocenters. The molecule has 0 aromatic rings. The Labute approximate surface area is 62.6 Å². The van der Waals surface area contributed by atoms with E-state index in [-0.39, 0.29) is 0 Å². The molecule has 0 aliphatic carbocycles. The molecule has 3 nitrogen and oxygen atoms in total. The van der Waals surface area contributed by atoms with Gasteiger partial charge in [-0.25, -0.2) is 0 Å². The van der Waals surface area contributed by atoms with Gasteiger partial charge in [0.2, 0.25) is 0 Å². The Balaban J connectivity index is 4.00. The van der Waals surface area contributed by atoms with E-state index in [4.69, 9.17) is 13.6 Å². The van der Waals surface area contributed by atoms with Crippen LogP contribution in [-0.4, -0.2) is 27.5 Å². The van der Waals surface area contributed by atoms with E-state index < -0.39 is 7.94 Å². The quantitative estimate of drug-likeness (QED) is 0.459. The van der Waals surface area contributed by atoms with Crippen LogP contribution in [0, 0.1) is 0 Å². The van der Waals surface area contributed by atoms with Crippen molar-refractivity contribution in [3.63, 3.8) is 0 Å². The maximum Gasteiger partial charge on any atom is 0.414 e. The second kappa shape index (κ2) is 4.80. The summed E-state index contributed by atoms with van der Waals surface area (Å²) >= 11 is 0. The molecule has 0 aromatic carbocycles. The predicted molar refractivity (Wildman–Crippen MR) is 43.0 cm³/mol. The van der Waals surface area contributed by atoms with Gasteiger partial charge >= 0.3 is 7.94 Å². The van der Waals surface area contributed by atoms with Crippen molar-refractivity contribution in [2.75, 3.05) is 27.5 Å². The first-order chi connectivity index (χ1) is 4.74. The molecule has 0 unspecified atom stereocenters. The fourth-order valence-electron chi connectivity index (χ4n) is 0.605. The van der Waals surface area contributed by atoms with Crippen LogP contribution in [0.15, 0.2) is 12.7 Å². The smallest absolute Gasteiger partial charge is 0.181 e. The van der Waals surface area contributed by atoms with Crippen LogP contribution in [0.25, 0.3) is 0 Å². The molecule has 0 aliphatic rings. The Bertz CT molecular complexity index is 92.9. The van der Waals surface area contributed by atoms with Crippen molar-refractivity contribution in [1.82, 2.24) is 0 Å². The van der Waals surface area contributed by atoms with Gasteiger partial charge in [-0.05, 0) is 6.08 Å². The highest BCUT2D eigenvalue weighted by atomic mass is 31.2. The summed E-state index contributed by atoms with van der Waals surface area (Å²) in [5, 5.41) is 0. The minimum atomic E-state index is -2.06. The van der Waals surface area contributed by atoms with E-state index in [2.05, 4.69) is 6.58 Å². The van der Waals surface area contributed by atoms with E-state index in [1.165, 1.54) is 0 Å². The normalized spacial score (nSPS) is 11.5. The van der Waals surface area contributed by atoms with Gasteiger partial charge in [0.15, 0.2) is 6.16 Å². The van der Waals surface area contributed by atoms with E-state index in [0.717, 1.165) is 0 Å². The maximum atomic E-state index is 5.07. The average Bonchev–Trinajstić information content (AvgIpc) is 2.01. The van der Waals surface area contributed by atoms with Crippen LogP contribution >= 0.6 is 7.94 Å². The lowest BCUT2D eigenvalue weighted by atomic mass is 10.8. The number of hydrogen-bond acceptors (Lipinski definition) is 3. The summed E-state index contributed by atoms with van der Waals surface area (Å²) in [7, 11) is 2.66. The molecule has 10 heavy (non-hydrogen) atoms. The van der Waals surface area contributed by atoms with E-state index in [1.807, 2.05) is 0 Å². The second-order valence-electron chi connectivity index (χ2n) is 1.63. The van der Waals surface area contributed by atoms with Crippen LogP contribution in [-0.2, 0) is 13.6 Å². The average molecular weight is 165 g/mol.